The number of benzene rings is 2. The third-order valence-corrected chi connectivity index (χ3v) is 4.10. The number of amides is 1. The summed E-state index contributed by atoms with van der Waals surface area (Å²) in [5.41, 5.74) is 1.97. The highest BCUT2D eigenvalue weighted by atomic mass is 16.5. The van der Waals surface area contributed by atoms with Gasteiger partial charge in [0.25, 0.3) is 0 Å². The van der Waals surface area contributed by atoms with Crippen LogP contribution in [0.3, 0.4) is 0 Å². The molecule has 1 fully saturated rings. The minimum atomic E-state index is 0.0837. The van der Waals surface area contributed by atoms with Crippen LogP contribution in [0.2, 0.25) is 0 Å². The van der Waals surface area contributed by atoms with E-state index in [-0.39, 0.29) is 11.8 Å². The molecule has 120 valence electrons. The van der Waals surface area contributed by atoms with Crippen molar-refractivity contribution in [3.63, 3.8) is 0 Å². The standard InChI is InChI=1S/C19H17N3O2/c23-18-10-14(11-20-18)19-21-12-17(22-19)13-6-8-16(9-7-13)24-15-4-2-1-3-5-15/h1-9,12,14H,10-11H2,(H,20,23)(H,21,22)/t14-/m0/s1. The van der Waals surface area contributed by atoms with E-state index in [1.165, 1.54) is 0 Å². The number of H-pyrrole nitrogens is 1. The van der Waals surface area contributed by atoms with E-state index >= 15 is 0 Å². The van der Waals surface area contributed by atoms with E-state index in [1.807, 2.05) is 60.8 Å². The van der Waals surface area contributed by atoms with Crippen LogP contribution in [-0.2, 0) is 4.79 Å². The van der Waals surface area contributed by atoms with Gasteiger partial charge in [0.15, 0.2) is 0 Å². The number of carbonyl (C=O) groups excluding carboxylic acids is 1. The van der Waals surface area contributed by atoms with Crippen molar-refractivity contribution in [2.75, 3.05) is 6.54 Å². The zero-order valence-electron chi connectivity index (χ0n) is 13.0. The predicted octanol–water partition coefficient (Wildman–Crippen LogP) is 3.47. The minimum absolute atomic E-state index is 0.0837. The summed E-state index contributed by atoms with van der Waals surface area (Å²) >= 11 is 0. The van der Waals surface area contributed by atoms with E-state index in [0.29, 0.717) is 13.0 Å². The lowest BCUT2D eigenvalue weighted by atomic mass is 10.1. The molecule has 0 unspecified atom stereocenters. The summed E-state index contributed by atoms with van der Waals surface area (Å²) in [5.74, 6) is 2.67. The Kier molecular flexibility index (Phi) is 3.75. The second-order valence-electron chi connectivity index (χ2n) is 5.83. The Morgan fingerprint density at radius 1 is 1.00 bits per heavy atom. The van der Waals surface area contributed by atoms with Crippen molar-refractivity contribution in [3.8, 4) is 22.8 Å². The molecule has 1 amide bonds. The molecule has 1 aliphatic rings. The molecule has 0 radical (unpaired) electrons. The van der Waals surface area contributed by atoms with Gasteiger partial charge < -0.3 is 15.0 Å². The third kappa shape index (κ3) is 3.01. The summed E-state index contributed by atoms with van der Waals surface area (Å²) in [5, 5.41) is 2.83. The van der Waals surface area contributed by atoms with E-state index in [1.54, 1.807) is 0 Å². The van der Waals surface area contributed by atoms with Crippen molar-refractivity contribution in [2.24, 2.45) is 0 Å². The second kappa shape index (κ2) is 6.20. The van der Waals surface area contributed by atoms with Crippen LogP contribution in [0.4, 0.5) is 0 Å². The predicted molar refractivity (Wildman–Crippen MR) is 90.9 cm³/mol. The lowest BCUT2D eigenvalue weighted by Crippen LogP contribution is -2.13. The fraction of sp³-hybridized carbons (Fsp3) is 0.158. The molecule has 1 atom stereocenters. The first kappa shape index (κ1) is 14.5. The summed E-state index contributed by atoms with van der Waals surface area (Å²) in [6.45, 7) is 0.648. The first-order chi connectivity index (χ1) is 11.8. The van der Waals surface area contributed by atoms with Gasteiger partial charge in [0, 0.05) is 18.9 Å². The molecule has 0 bridgehead atoms. The first-order valence-corrected chi connectivity index (χ1v) is 7.93. The number of aromatic nitrogens is 2. The summed E-state index contributed by atoms with van der Waals surface area (Å²) < 4.78 is 5.80. The summed E-state index contributed by atoms with van der Waals surface area (Å²) in [4.78, 5) is 19.1. The van der Waals surface area contributed by atoms with Crippen molar-refractivity contribution in [1.82, 2.24) is 15.3 Å². The third-order valence-electron chi connectivity index (χ3n) is 4.10. The summed E-state index contributed by atoms with van der Waals surface area (Å²) in [6, 6.07) is 17.5. The number of nitrogens with one attached hydrogen (secondary N) is 2. The van der Waals surface area contributed by atoms with Gasteiger partial charge in [0.2, 0.25) is 5.91 Å². The minimum Gasteiger partial charge on any atom is -0.457 e. The highest BCUT2D eigenvalue weighted by Crippen LogP contribution is 2.27. The topological polar surface area (TPSA) is 67.0 Å². The van der Waals surface area contributed by atoms with Crippen LogP contribution in [0, 0.1) is 0 Å². The molecular formula is C19H17N3O2. The van der Waals surface area contributed by atoms with Crippen LogP contribution in [-0.4, -0.2) is 22.4 Å². The normalized spacial score (nSPS) is 16.8. The Morgan fingerprint density at radius 2 is 1.75 bits per heavy atom. The van der Waals surface area contributed by atoms with E-state index < -0.39 is 0 Å². The Bertz CT molecular complexity index is 841. The van der Waals surface area contributed by atoms with Crippen LogP contribution in [0.1, 0.15) is 18.2 Å². The maximum atomic E-state index is 11.3. The molecule has 2 N–H and O–H groups in total. The first-order valence-electron chi connectivity index (χ1n) is 7.93. The van der Waals surface area contributed by atoms with Crippen LogP contribution in [0.15, 0.2) is 60.8 Å². The van der Waals surface area contributed by atoms with Crippen molar-refractivity contribution in [2.45, 2.75) is 12.3 Å². The number of hydrogen-bond acceptors (Lipinski definition) is 3. The van der Waals surface area contributed by atoms with Gasteiger partial charge in [-0.25, -0.2) is 4.98 Å². The lowest BCUT2D eigenvalue weighted by Gasteiger charge is -2.06. The largest absolute Gasteiger partial charge is 0.457 e. The van der Waals surface area contributed by atoms with Crippen LogP contribution >= 0.6 is 0 Å². The Labute approximate surface area is 139 Å². The molecule has 2 aromatic carbocycles. The number of nitrogens with zero attached hydrogens (tertiary/aromatic N) is 1. The summed E-state index contributed by atoms with van der Waals surface area (Å²) in [7, 11) is 0. The monoisotopic (exact) mass is 319 g/mol. The Balaban J connectivity index is 1.49. The number of hydrogen-bond donors (Lipinski definition) is 2. The Hall–Kier alpha value is -3.08. The zero-order chi connectivity index (χ0) is 16.4. The van der Waals surface area contributed by atoms with Gasteiger partial charge in [-0.3, -0.25) is 4.79 Å². The van der Waals surface area contributed by atoms with Gasteiger partial charge in [-0.2, -0.15) is 0 Å². The second-order valence-corrected chi connectivity index (χ2v) is 5.83. The van der Waals surface area contributed by atoms with Crippen LogP contribution in [0.25, 0.3) is 11.3 Å². The number of ether oxygens (including phenoxy) is 1. The molecule has 3 aromatic rings. The molecule has 2 heterocycles. The smallest absolute Gasteiger partial charge is 0.220 e. The number of imidazole rings is 1. The number of aromatic amines is 1. The Morgan fingerprint density at radius 3 is 2.46 bits per heavy atom. The summed E-state index contributed by atoms with van der Waals surface area (Å²) in [6.07, 6.45) is 2.31. The highest BCUT2D eigenvalue weighted by Gasteiger charge is 2.25. The molecule has 24 heavy (non-hydrogen) atoms. The molecule has 0 spiro atoms. The van der Waals surface area contributed by atoms with Gasteiger partial charge in [0.05, 0.1) is 11.9 Å². The average Bonchev–Trinajstić information content (AvgIpc) is 3.25. The van der Waals surface area contributed by atoms with Crippen LogP contribution in [0.5, 0.6) is 11.5 Å². The zero-order valence-corrected chi connectivity index (χ0v) is 13.0. The van der Waals surface area contributed by atoms with E-state index in [4.69, 9.17) is 4.74 Å². The molecule has 5 heteroatoms. The molecule has 5 nitrogen and oxygen atoms in total. The van der Waals surface area contributed by atoms with E-state index in [0.717, 1.165) is 28.6 Å². The lowest BCUT2D eigenvalue weighted by molar-refractivity contribution is -0.119. The van der Waals surface area contributed by atoms with Gasteiger partial charge >= 0.3 is 0 Å². The molecule has 1 saturated heterocycles. The van der Waals surface area contributed by atoms with Gasteiger partial charge in [-0.1, -0.05) is 18.2 Å². The van der Waals surface area contributed by atoms with E-state index in [9.17, 15) is 4.79 Å². The highest BCUT2D eigenvalue weighted by molar-refractivity contribution is 5.79. The quantitative estimate of drug-likeness (QED) is 0.774. The number of rotatable bonds is 4. The average molecular weight is 319 g/mol. The van der Waals surface area contributed by atoms with Crippen molar-refractivity contribution in [1.29, 1.82) is 0 Å². The van der Waals surface area contributed by atoms with Gasteiger partial charge in [0.1, 0.15) is 17.3 Å². The van der Waals surface area contributed by atoms with Gasteiger partial charge in [-0.15, -0.1) is 0 Å². The van der Waals surface area contributed by atoms with Crippen molar-refractivity contribution in [3.05, 3.63) is 66.6 Å². The van der Waals surface area contributed by atoms with Crippen molar-refractivity contribution >= 4 is 5.91 Å². The fourth-order valence-electron chi connectivity index (χ4n) is 2.82. The van der Waals surface area contributed by atoms with E-state index in [2.05, 4.69) is 15.3 Å². The maximum Gasteiger partial charge on any atom is 0.220 e. The fourth-order valence-corrected chi connectivity index (χ4v) is 2.82. The molecule has 0 aliphatic carbocycles. The SMILES string of the molecule is O=C1C[C@H](c2ncc(-c3ccc(Oc4ccccc4)cc3)[nH]2)CN1. The van der Waals surface area contributed by atoms with Crippen molar-refractivity contribution < 1.29 is 9.53 Å². The number of para-hydroxylation sites is 1. The number of carbonyl (C=O) groups is 1. The van der Waals surface area contributed by atoms with Crippen LogP contribution < -0.4 is 10.1 Å². The molecule has 0 saturated carbocycles. The molecular weight excluding hydrogens is 302 g/mol. The maximum absolute atomic E-state index is 11.3. The molecule has 1 aromatic heterocycles. The van der Waals surface area contributed by atoms with Gasteiger partial charge in [-0.05, 0) is 42.0 Å². The molecule has 4 rings (SSSR count). The molecule has 1 aliphatic heterocycles.